The number of hydrogen-bond donors (Lipinski definition) is 1. The molecule has 0 aromatic heterocycles. The standard InChI is InChI=1S/C7H15N/c1-3-5-6(4-2)7(5)8/h5-7H,3-4,8H2,1-2H3/t5-,6+,7?. The Morgan fingerprint density at radius 3 is 1.62 bits per heavy atom. The Labute approximate surface area is 51.3 Å². The van der Waals surface area contributed by atoms with Crippen molar-refractivity contribution in [3.63, 3.8) is 0 Å². The second-order valence-electron chi connectivity index (χ2n) is 2.72. The van der Waals surface area contributed by atoms with Gasteiger partial charge in [-0.05, 0) is 11.8 Å². The lowest BCUT2D eigenvalue weighted by molar-refractivity contribution is 0.663. The third-order valence-corrected chi connectivity index (χ3v) is 2.34. The lowest BCUT2D eigenvalue weighted by atomic mass is 10.2. The van der Waals surface area contributed by atoms with Crippen LogP contribution < -0.4 is 5.73 Å². The molecule has 0 aromatic carbocycles. The molecule has 0 saturated heterocycles. The summed E-state index contributed by atoms with van der Waals surface area (Å²) < 4.78 is 0. The first kappa shape index (κ1) is 6.09. The van der Waals surface area contributed by atoms with Crippen LogP contribution >= 0.6 is 0 Å². The summed E-state index contributed by atoms with van der Waals surface area (Å²) in [4.78, 5) is 0. The van der Waals surface area contributed by atoms with Gasteiger partial charge in [0, 0.05) is 6.04 Å². The lowest BCUT2D eigenvalue weighted by Crippen LogP contribution is -2.02. The molecule has 1 unspecified atom stereocenters. The van der Waals surface area contributed by atoms with Gasteiger partial charge < -0.3 is 5.73 Å². The summed E-state index contributed by atoms with van der Waals surface area (Å²) in [6.07, 6.45) is 2.55. The predicted octanol–water partition coefficient (Wildman–Crippen LogP) is 1.38. The predicted molar refractivity (Wildman–Crippen MR) is 35.5 cm³/mol. The molecule has 1 rings (SSSR count). The van der Waals surface area contributed by atoms with Crippen LogP contribution in [-0.2, 0) is 0 Å². The minimum atomic E-state index is 0.546. The first-order valence-corrected chi connectivity index (χ1v) is 3.56. The van der Waals surface area contributed by atoms with Gasteiger partial charge >= 0.3 is 0 Å². The zero-order valence-electron chi connectivity index (χ0n) is 5.72. The van der Waals surface area contributed by atoms with Gasteiger partial charge in [-0.2, -0.15) is 0 Å². The Morgan fingerprint density at radius 2 is 1.50 bits per heavy atom. The largest absolute Gasteiger partial charge is 0.327 e. The van der Waals surface area contributed by atoms with Crippen molar-refractivity contribution < 1.29 is 0 Å². The fourth-order valence-corrected chi connectivity index (χ4v) is 1.62. The normalized spacial score (nSPS) is 44.6. The van der Waals surface area contributed by atoms with Crippen molar-refractivity contribution in [2.24, 2.45) is 17.6 Å². The van der Waals surface area contributed by atoms with Crippen LogP contribution in [0.3, 0.4) is 0 Å². The number of nitrogens with two attached hydrogens (primary N) is 1. The molecular weight excluding hydrogens is 98.1 g/mol. The van der Waals surface area contributed by atoms with E-state index in [-0.39, 0.29) is 0 Å². The Hall–Kier alpha value is -0.0400. The Bertz CT molecular complexity index is 70.5. The maximum Gasteiger partial charge on any atom is 0.0102 e. The molecular formula is C7H15N. The van der Waals surface area contributed by atoms with Crippen LogP contribution in [0.1, 0.15) is 26.7 Å². The second-order valence-corrected chi connectivity index (χ2v) is 2.72. The number of rotatable bonds is 2. The highest BCUT2D eigenvalue weighted by Crippen LogP contribution is 2.41. The highest BCUT2D eigenvalue weighted by Gasteiger charge is 2.43. The smallest absolute Gasteiger partial charge is 0.0102 e. The van der Waals surface area contributed by atoms with E-state index >= 15 is 0 Å². The van der Waals surface area contributed by atoms with Crippen LogP contribution in [0.15, 0.2) is 0 Å². The average Bonchev–Trinajstić information content (AvgIpc) is 2.40. The monoisotopic (exact) mass is 113 g/mol. The van der Waals surface area contributed by atoms with Crippen LogP contribution in [0.5, 0.6) is 0 Å². The van der Waals surface area contributed by atoms with E-state index in [1.165, 1.54) is 12.8 Å². The number of hydrogen-bond acceptors (Lipinski definition) is 1. The maximum atomic E-state index is 5.73. The van der Waals surface area contributed by atoms with E-state index < -0.39 is 0 Å². The molecule has 1 nitrogen and oxygen atoms in total. The molecule has 1 aliphatic rings. The summed E-state index contributed by atoms with van der Waals surface area (Å²) in [5, 5.41) is 0. The van der Waals surface area contributed by atoms with Gasteiger partial charge in [-0.3, -0.25) is 0 Å². The minimum Gasteiger partial charge on any atom is -0.327 e. The lowest BCUT2D eigenvalue weighted by Gasteiger charge is -1.84. The SMILES string of the molecule is CC[C@@H]1C(N)[C@@H]1CC. The van der Waals surface area contributed by atoms with Gasteiger partial charge in [-0.25, -0.2) is 0 Å². The summed E-state index contributed by atoms with van der Waals surface area (Å²) in [6, 6.07) is 0.546. The molecule has 3 atom stereocenters. The van der Waals surface area contributed by atoms with E-state index in [1.54, 1.807) is 0 Å². The van der Waals surface area contributed by atoms with Crippen molar-refractivity contribution in [2.45, 2.75) is 32.7 Å². The fraction of sp³-hybridized carbons (Fsp3) is 1.00. The molecule has 48 valence electrons. The summed E-state index contributed by atoms with van der Waals surface area (Å²) in [5.74, 6) is 1.72. The molecule has 0 bridgehead atoms. The highest BCUT2D eigenvalue weighted by atomic mass is 14.8. The molecule has 0 heterocycles. The summed E-state index contributed by atoms with van der Waals surface area (Å²) in [7, 11) is 0. The van der Waals surface area contributed by atoms with Crippen LogP contribution in [0, 0.1) is 11.8 Å². The molecule has 1 saturated carbocycles. The third kappa shape index (κ3) is 0.752. The van der Waals surface area contributed by atoms with Crippen molar-refractivity contribution in [3.05, 3.63) is 0 Å². The summed E-state index contributed by atoms with van der Waals surface area (Å²) >= 11 is 0. The van der Waals surface area contributed by atoms with Crippen molar-refractivity contribution in [3.8, 4) is 0 Å². The molecule has 0 radical (unpaired) electrons. The first-order chi connectivity index (χ1) is 3.81. The Balaban J connectivity index is 2.23. The average molecular weight is 113 g/mol. The molecule has 0 amide bonds. The molecule has 0 aromatic rings. The van der Waals surface area contributed by atoms with Gasteiger partial charge in [0.25, 0.3) is 0 Å². The quantitative estimate of drug-likeness (QED) is 0.575. The Kier molecular flexibility index (Phi) is 1.57. The molecule has 1 fully saturated rings. The van der Waals surface area contributed by atoms with Gasteiger partial charge in [-0.1, -0.05) is 26.7 Å². The zero-order valence-corrected chi connectivity index (χ0v) is 5.72. The van der Waals surface area contributed by atoms with Crippen molar-refractivity contribution in [1.29, 1.82) is 0 Å². The first-order valence-electron chi connectivity index (χ1n) is 3.56. The highest BCUT2D eigenvalue weighted by molar-refractivity contribution is 4.98. The van der Waals surface area contributed by atoms with Crippen LogP contribution in [0.4, 0.5) is 0 Å². The molecule has 1 aliphatic carbocycles. The maximum absolute atomic E-state index is 5.73. The van der Waals surface area contributed by atoms with E-state index in [4.69, 9.17) is 5.73 Å². The van der Waals surface area contributed by atoms with Gasteiger partial charge in [0.1, 0.15) is 0 Å². The van der Waals surface area contributed by atoms with Crippen molar-refractivity contribution in [2.75, 3.05) is 0 Å². The Morgan fingerprint density at radius 1 is 1.12 bits per heavy atom. The molecule has 2 N–H and O–H groups in total. The third-order valence-electron chi connectivity index (χ3n) is 2.34. The van der Waals surface area contributed by atoms with E-state index in [1.807, 2.05) is 0 Å². The van der Waals surface area contributed by atoms with E-state index in [0.29, 0.717) is 6.04 Å². The van der Waals surface area contributed by atoms with E-state index in [2.05, 4.69) is 13.8 Å². The summed E-state index contributed by atoms with van der Waals surface area (Å²) in [5.41, 5.74) is 5.73. The van der Waals surface area contributed by atoms with Gasteiger partial charge in [0.05, 0.1) is 0 Å². The fourth-order valence-electron chi connectivity index (χ4n) is 1.62. The summed E-state index contributed by atoms with van der Waals surface area (Å²) in [6.45, 7) is 4.44. The molecule has 8 heavy (non-hydrogen) atoms. The minimum absolute atomic E-state index is 0.546. The van der Waals surface area contributed by atoms with Crippen LogP contribution in [0.25, 0.3) is 0 Å². The molecule has 0 spiro atoms. The van der Waals surface area contributed by atoms with Crippen molar-refractivity contribution >= 4 is 0 Å². The topological polar surface area (TPSA) is 26.0 Å². The second kappa shape index (κ2) is 2.06. The molecule has 0 aliphatic heterocycles. The zero-order chi connectivity index (χ0) is 6.15. The van der Waals surface area contributed by atoms with Crippen LogP contribution in [0.2, 0.25) is 0 Å². The van der Waals surface area contributed by atoms with Crippen LogP contribution in [-0.4, -0.2) is 6.04 Å². The van der Waals surface area contributed by atoms with Gasteiger partial charge in [0.2, 0.25) is 0 Å². The molecule has 1 heteroatoms. The van der Waals surface area contributed by atoms with Gasteiger partial charge in [0.15, 0.2) is 0 Å². The van der Waals surface area contributed by atoms with E-state index in [9.17, 15) is 0 Å². The van der Waals surface area contributed by atoms with Gasteiger partial charge in [-0.15, -0.1) is 0 Å². The van der Waals surface area contributed by atoms with Crippen molar-refractivity contribution in [1.82, 2.24) is 0 Å². The van der Waals surface area contributed by atoms with E-state index in [0.717, 1.165) is 11.8 Å².